The van der Waals surface area contributed by atoms with E-state index >= 15 is 0 Å². The van der Waals surface area contributed by atoms with Gasteiger partial charge in [0.25, 0.3) is 0 Å². The van der Waals surface area contributed by atoms with Crippen molar-refractivity contribution in [1.29, 1.82) is 0 Å². The van der Waals surface area contributed by atoms with E-state index in [1.165, 1.54) is 0 Å². The van der Waals surface area contributed by atoms with Crippen molar-refractivity contribution >= 4 is 22.4 Å². The third kappa shape index (κ3) is 3.18. The molecule has 0 amide bonds. The zero-order valence-corrected chi connectivity index (χ0v) is 11.5. The first kappa shape index (κ1) is 12.8. The Morgan fingerprint density at radius 1 is 1.06 bits per heavy atom. The monoisotopic (exact) mass is 258 g/mol. The van der Waals surface area contributed by atoms with Crippen LogP contribution in [0.3, 0.4) is 0 Å². The lowest BCUT2D eigenvalue weighted by Crippen LogP contribution is -2.04. The third-order valence-electron chi connectivity index (χ3n) is 2.55. The molecule has 0 spiro atoms. The molecule has 0 heterocycles. The number of benzene rings is 2. The van der Waals surface area contributed by atoms with Crippen LogP contribution in [-0.2, 0) is 0 Å². The molecule has 0 aliphatic heterocycles. The van der Waals surface area contributed by atoms with E-state index in [0.717, 1.165) is 22.1 Å². The standard InChI is InChI=1S/C16H15ClO/c1-16(2,17)9-8-12-4-5-14-11-15(18-3)7-6-13(14)10-12/h4-7,10-11H,1-3H3. The molecule has 0 aromatic heterocycles. The van der Waals surface area contributed by atoms with Gasteiger partial charge in [0.2, 0.25) is 0 Å². The highest BCUT2D eigenvalue weighted by molar-refractivity contribution is 6.25. The van der Waals surface area contributed by atoms with Crippen molar-refractivity contribution in [3.05, 3.63) is 42.0 Å². The van der Waals surface area contributed by atoms with Gasteiger partial charge in [0.05, 0.1) is 12.0 Å². The molecule has 92 valence electrons. The molecule has 0 saturated carbocycles. The summed E-state index contributed by atoms with van der Waals surface area (Å²) in [4.78, 5) is -0.491. The van der Waals surface area contributed by atoms with E-state index in [-0.39, 0.29) is 0 Å². The minimum atomic E-state index is -0.491. The van der Waals surface area contributed by atoms with Crippen LogP contribution in [-0.4, -0.2) is 12.0 Å². The van der Waals surface area contributed by atoms with E-state index in [0.29, 0.717) is 0 Å². The minimum Gasteiger partial charge on any atom is -0.497 e. The highest BCUT2D eigenvalue weighted by Crippen LogP contribution is 2.21. The Kier molecular flexibility index (Phi) is 3.50. The molecule has 0 N–H and O–H groups in total. The Bertz CT molecular complexity index is 627. The number of methoxy groups -OCH3 is 1. The quantitative estimate of drug-likeness (QED) is 0.550. The zero-order valence-electron chi connectivity index (χ0n) is 10.8. The van der Waals surface area contributed by atoms with Gasteiger partial charge in [-0.3, -0.25) is 0 Å². The second-order valence-electron chi connectivity index (χ2n) is 4.65. The SMILES string of the molecule is COc1ccc2cc(C#CC(C)(C)Cl)ccc2c1. The van der Waals surface area contributed by atoms with Gasteiger partial charge in [-0.25, -0.2) is 0 Å². The first-order valence-corrected chi connectivity index (χ1v) is 6.16. The smallest absolute Gasteiger partial charge is 0.119 e. The number of halogens is 1. The molecule has 2 aromatic rings. The van der Waals surface area contributed by atoms with Gasteiger partial charge in [-0.2, -0.15) is 0 Å². The van der Waals surface area contributed by atoms with Gasteiger partial charge in [0, 0.05) is 5.56 Å². The maximum absolute atomic E-state index is 6.05. The van der Waals surface area contributed by atoms with Gasteiger partial charge in [-0.05, 0) is 48.9 Å². The van der Waals surface area contributed by atoms with Crippen molar-refractivity contribution < 1.29 is 4.74 Å². The lowest BCUT2D eigenvalue weighted by molar-refractivity contribution is 0.415. The normalized spacial score (nSPS) is 10.9. The van der Waals surface area contributed by atoms with Crippen LogP contribution >= 0.6 is 11.6 Å². The number of hydrogen-bond acceptors (Lipinski definition) is 1. The summed E-state index contributed by atoms with van der Waals surface area (Å²) in [7, 11) is 1.67. The van der Waals surface area contributed by atoms with Gasteiger partial charge in [-0.1, -0.05) is 24.0 Å². The summed E-state index contributed by atoms with van der Waals surface area (Å²) in [5, 5.41) is 2.29. The summed E-state index contributed by atoms with van der Waals surface area (Å²) in [6, 6.07) is 12.1. The lowest BCUT2D eigenvalue weighted by Gasteiger charge is -2.05. The van der Waals surface area contributed by atoms with Crippen molar-refractivity contribution in [2.75, 3.05) is 7.11 Å². The van der Waals surface area contributed by atoms with Crippen LogP contribution in [0.15, 0.2) is 36.4 Å². The van der Waals surface area contributed by atoms with E-state index in [2.05, 4.69) is 17.9 Å². The molecular weight excluding hydrogens is 244 g/mol. The van der Waals surface area contributed by atoms with Gasteiger partial charge in [0.1, 0.15) is 5.75 Å². The van der Waals surface area contributed by atoms with Crippen LogP contribution in [0.1, 0.15) is 19.4 Å². The van der Waals surface area contributed by atoms with E-state index in [9.17, 15) is 0 Å². The van der Waals surface area contributed by atoms with Crippen molar-refractivity contribution in [1.82, 2.24) is 0 Å². The first-order chi connectivity index (χ1) is 8.48. The number of rotatable bonds is 1. The van der Waals surface area contributed by atoms with E-state index in [4.69, 9.17) is 16.3 Å². The van der Waals surface area contributed by atoms with Crippen molar-refractivity contribution in [3.8, 4) is 17.6 Å². The summed E-state index contributed by atoms with van der Waals surface area (Å²) in [5.74, 6) is 6.97. The van der Waals surface area contributed by atoms with E-state index < -0.39 is 4.87 Å². The molecule has 1 nitrogen and oxygen atoms in total. The highest BCUT2D eigenvalue weighted by Gasteiger charge is 2.06. The fraction of sp³-hybridized carbons (Fsp3) is 0.250. The maximum Gasteiger partial charge on any atom is 0.119 e. The number of alkyl halides is 1. The molecule has 0 atom stereocenters. The molecule has 0 aliphatic carbocycles. The lowest BCUT2D eigenvalue weighted by atomic mass is 10.1. The summed E-state index contributed by atoms with van der Waals surface area (Å²) >= 11 is 6.05. The number of ether oxygens (including phenoxy) is 1. The van der Waals surface area contributed by atoms with E-state index in [1.54, 1.807) is 7.11 Å². The third-order valence-corrected chi connectivity index (χ3v) is 2.65. The van der Waals surface area contributed by atoms with Gasteiger partial charge >= 0.3 is 0 Å². The van der Waals surface area contributed by atoms with Crippen molar-refractivity contribution in [2.45, 2.75) is 18.7 Å². The predicted molar refractivity (Wildman–Crippen MR) is 77.3 cm³/mol. The van der Waals surface area contributed by atoms with Crippen molar-refractivity contribution in [3.63, 3.8) is 0 Å². The second kappa shape index (κ2) is 4.92. The maximum atomic E-state index is 6.05. The second-order valence-corrected chi connectivity index (χ2v) is 5.60. The zero-order chi connectivity index (χ0) is 13.2. The summed E-state index contributed by atoms with van der Waals surface area (Å²) < 4.78 is 5.20. The first-order valence-electron chi connectivity index (χ1n) is 5.78. The van der Waals surface area contributed by atoms with Crippen LogP contribution in [0.25, 0.3) is 10.8 Å². The molecule has 18 heavy (non-hydrogen) atoms. The fourth-order valence-corrected chi connectivity index (χ4v) is 1.70. The molecule has 2 rings (SSSR count). The molecule has 0 bridgehead atoms. The fourth-order valence-electron chi connectivity index (χ4n) is 1.65. The number of fused-ring (bicyclic) bond motifs is 1. The molecule has 2 heteroatoms. The molecule has 2 aromatic carbocycles. The summed E-state index contributed by atoms with van der Waals surface area (Å²) in [5.41, 5.74) is 0.974. The molecule has 0 saturated heterocycles. The summed E-state index contributed by atoms with van der Waals surface area (Å²) in [6.45, 7) is 3.76. The highest BCUT2D eigenvalue weighted by atomic mass is 35.5. The Balaban J connectivity index is 2.41. The average molecular weight is 259 g/mol. The van der Waals surface area contributed by atoms with Crippen molar-refractivity contribution in [2.24, 2.45) is 0 Å². The van der Waals surface area contributed by atoms with Crippen LogP contribution < -0.4 is 4.74 Å². The number of hydrogen-bond donors (Lipinski definition) is 0. The van der Waals surface area contributed by atoms with Crippen LogP contribution in [0, 0.1) is 11.8 Å². The Hall–Kier alpha value is -1.65. The minimum absolute atomic E-state index is 0.491. The Morgan fingerprint density at radius 2 is 1.72 bits per heavy atom. The molecule has 0 unspecified atom stereocenters. The topological polar surface area (TPSA) is 9.23 Å². The Labute approximate surface area is 113 Å². The molecular formula is C16H15ClO. The molecule has 0 radical (unpaired) electrons. The van der Waals surface area contributed by atoms with Crippen LogP contribution in [0.2, 0.25) is 0 Å². The van der Waals surface area contributed by atoms with Crippen LogP contribution in [0.5, 0.6) is 5.75 Å². The van der Waals surface area contributed by atoms with E-state index in [1.807, 2.05) is 44.2 Å². The largest absolute Gasteiger partial charge is 0.497 e. The molecule has 0 fully saturated rings. The molecule has 0 aliphatic rings. The predicted octanol–water partition coefficient (Wildman–Crippen LogP) is 4.22. The average Bonchev–Trinajstić information content (AvgIpc) is 2.34. The summed E-state index contributed by atoms with van der Waals surface area (Å²) in [6.07, 6.45) is 0. The van der Waals surface area contributed by atoms with Gasteiger partial charge in [-0.15, -0.1) is 11.6 Å². The van der Waals surface area contributed by atoms with Crippen LogP contribution in [0.4, 0.5) is 0 Å². The van der Waals surface area contributed by atoms with Gasteiger partial charge in [0.15, 0.2) is 0 Å². The van der Waals surface area contributed by atoms with Gasteiger partial charge < -0.3 is 4.74 Å². The Morgan fingerprint density at radius 3 is 2.39 bits per heavy atom.